The molecule has 0 heterocycles. The van der Waals surface area contributed by atoms with Crippen LogP contribution in [0.4, 0.5) is 17.1 Å². The fourth-order valence-electron chi connectivity index (χ4n) is 9.11. The summed E-state index contributed by atoms with van der Waals surface area (Å²) in [5, 5.41) is 0. The van der Waals surface area contributed by atoms with Crippen LogP contribution >= 0.6 is 0 Å². The first-order valence-corrected chi connectivity index (χ1v) is 19.8. The maximum Gasteiger partial charge on any atom is 0.0714 e. The van der Waals surface area contributed by atoms with Crippen LogP contribution in [0.5, 0.6) is 0 Å². The molecular weight excluding hydrogens is 687 g/mol. The van der Waals surface area contributed by atoms with E-state index in [0.29, 0.717) is 0 Å². The normalized spacial score (nSPS) is 12.4. The molecule has 9 aromatic rings. The molecule has 0 fully saturated rings. The molecule has 270 valence electrons. The van der Waals surface area contributed by atoms with Crippen molar-refractivity contribution < 1.29 is 0 Å². The number of anilines is 3. The number of fused-ring (bicyclic) bond motifs is 3. The second kappa shape index (κ2) is 14.5. The highest BCUT2D eigenvalue weighted by atomic mass is 15.1. The van der Waals surface area contributed by atoms with Gasteiger partial charge >= 0.3 is 0 Å². The van der Waals surface area contributed by atoms with Crippen LogP contribution in [-0.4, -0.2) is 0 Å². The predicted octanol–water partition coefficient (Wildman–Crippen LogP) is 14.8. The van der Waals surface area contributed by atoms with Crippen molar-refractivity contribution in [1.29, 1.82) is 0 Å². The van der Waals surface area contributed by atoms with E-state index in [-0.39, 0.29) is 0 Å². The van der Waals surface area contributed by atoms with E-state index < -0.39 is 5.41 Å². The molecule has 1 nitrogen and oxygen atoms in total. The standard InChI is InChI=1S/C56H41N/c1-40-37-44(41-19-7-2-8-20-41)31-36-55(40)57(47-32-34-49(42-21-9-3-10-22-42)52(38-47)43-23-11-4-12-24-43)48-33-35-51-50-29-17-18-30-53(50)56(54(51)39-48,45-25-13-5-14-26-45)46-27-15-6-16-28-46/h2-39H,1H3. The zero-order chi connectivity index (χ0) is 38.2. The van der Waals surface area contributed by atoms with E-state index >= 15 is 0 Å². The Morgan fingerprint density at radius 1 is 0.316 bits per heavy atom. The summed E-state index contributed by atoms with van der Waals surface area (Å²) in [5.74, 6) is 0. The molecule has 1 heteroatoms. The monoisotopic (exact) mass is 727 g/mol. The minimum absolute atomic E-state index is 0.505. The van der Waals surface area contributed by atoms with E-state index in [1.54, 1.807) is 0 Å². The number of rotatable bonds is 8. The molecule has 0 saturated carbocycles. The number of benzene rings is 9. The average molecular weight is 728 g/mol. The van der Waals surface area contributed by atoms with E-state index in [4.69, 9.17) is 0 Å². The lowest BCUT2D eigenvalue weighted by atomic mass is 9.67. The van der Waals surface area contributed by atoms with E-state index in [2.05, 4.69) is 242 Å². The lowest BCUT2D eigenvalue weighted by Gasteiger charge is -2.35. The minimum atomic E-state index is -0.505. The van der Waals surface area contributed by atoms with Gasteiger partial charge in [-0.3, -0.25) is 0 Å². The van der Waals surface area contributed by atoms with Gasteiger partial charge in [0, 0.05) is 17.1 Å². The second-order valence-electron chi connectivity index (χ2n) is 14.9. The highest BCUT2D eigenvalue weighted by Gasteiger charge is 2.46. The molecule has 0 amide bonds. The molecule has 0 bridgehead atoms. The van der Waals surface area contributed by atoms with E-state index in [0.717, 1.165) is 17.1 Å². The smallest absolute Gasteiger partial charge is 0.0714 e. The van der Waals surface area contributed by atoms with Gasteiger partial charge in [0.1, 0.15) is 0 Å². The third-order valence-corrected chi connectivity index (χ3v) is 11.7. The van der Waals surface area contributed by atoms with Crippen molar-refractivity contribution in [3.63, 3.8) is 0 Å². The summed E-state index contributed by atoms with van der Waals surface area (Å²) in [5.41, 5.74) is 18.9. The van der Waals surface area contributed by atoms with Crippen LogP contribution in [0.3, 0.4) is 0 Å². The van der Waals surface area contributed by atoms with Crippen molar-refractivity contribution in [1.82, 2.24) is 0 Å². The van der Waals surface area contributed by atoms with Gasteiger partial charge in [0.15, 0.2) is 0 Å². The molecule has 0 N–H and O–H groups in total. The van der Waals surface area contributed by atoms with Crippen molar-refractivity contribution in [2.75, 3.05) is 4.90 Å². The third kappa shape index (κ3) is 5.88. The number of aryl methyl sites for hydroxylation is 1. The fraction of sp³-hybridized carbons (Fsp3) is 0.0357. The van der Waals surface area contributed by atoms with Gasteiger partial charge in [-0.15, -0.1) is 0 Å². The molecule has 57 heavy (non-hydrogen) atoms. The average Bonchev–Trinajstić information content (AvgIpc) is 3.59. The largest absolute Gasteiger partial charge is 0.310 e. The summed E-state index contributed by atoms with van der Waals surface area (Å²) in [6, 6.07) is 84.3. The molecule has 1 aliphatic rings. The Labute approximate surface area is 335 Å². The Kier molecular flexibility index (Phi) is 8.69. The predicted molar refractivity (Wildman–Crippen MR) is 239 cm³/mol. The Morgan fingerprint density at radius 3 is 1.39 bits per heavy atom. The molecule has 0 saturated heterocycles. The summed E-state index contributed by atoms with van der Waals surface area (Å²) >= 11 is 0. The van der Waals surface area contributed by atoms with Gasteiger partial charge < -0.3 is 4.90 Å². The van der Waals surface area contributed by atoms with Crippen molar-refractivity contribution >= 4 is 17.1 Å². The highest BCUT2D eigenvalue weighted by Crippen LogP contribution is 2.57. The Morgan fingerprint density at radius 2 is 0.789 bits per heavy atom. The first-order valence-electron chi connectivity index (χ1n) is 19.8. The van der Waals surface area contributed by atoms with Crippen LogP contribution in [0, 0.1) is 6.92 Å². The quantitative estimate of drug-likeness (QED) is 0.151. The molecule has 0 spiro atoms. The molecule has 0 radical (unpaired) electrons. The molecule has 1 aliphatic carbocycles. The SMILES string of the molecule is Cc1cc(-c2ccccc2)ccc1N(c1ccc(-c2ccccc2)c(-c2ccccc2)c1)c1ccc2c(c1)C(c1ccccc1)(c1ccccc1)c1ccccc1-2. The summed E-state index contributed by atoms with van der Waals surface area (Å²) < 4.78 is 0. The van der Waals surface area contributed by atoms with Crippen molar-refractivity contribution in [2.24, 2.45) is 0 Å². The third-order valence-electron chi connectivity index (χ3n) is 11.7. The maximum atomic E-state index is 2.47. The van der Waals surface area contributed by atoms with Gasteiger partial charge in [-0.05, 0) is 116 Å². The van der Waals surface area contributed by atoms with E-state index in [1.807, 2.05) is 0 Å². The van der Waals surface area contributed by atoms with Gasteiger partial charge in [0.25, 0.3) is 0 Å². The summed E-state index contributed by atoms with van der Waals surface area (Å²) in [6.45, 7) is 2.24. The zero-order valence-electron chi connectivity index (χ0n) is 31.9. The van der Waals surface area contributed by atoms with Crippen LogP contribution < -0.4 is 4.90 Å². The van der Waals surface area contributed by atoms with Gasteiger partial charge in [0.2, 0.25) is 0 Å². The molecule has 0 atom stereocenters. The van der Waals surface area contributed by atoms with E-state index in [9.17, 15) is 0 Å². The molecular formula is C56H41N. The van der Waals surface area contributed by atoms with Gasteiger partial charge in [-0.25, -0.2) is 0 Å². The second-order valence-corrected chi connectivity index (χ2v) is 14.9. The molecule has 9 aromatic carbocycles. The molecule has 0 aliphatic heterocycles. The molecule has 10 rings (SSSR count). The zero-order valence-corrected chi connectivity index (χ0v) is 31.9. The Bertz CT molecular complexity index is 2790. The van der Waals surface area contributed by atoms with Crippen LogP contribution in [-0.2, 0) is 5.41 Å². The van der Waals surface area contributed by atoms with Crippen molar-refractivity contribution in [3.05, 3.63) is 258 Å². The summed E-state index contributed by atoms with van der Waals surface area (Å²) in [4.78, 5) is 2.47. The van der Waals surface area contributed by atoms with Crippen LogP contribution in [0.25, 0.3) is 44.5 Å². The van der Waals surface area contributed by atoms with Gasteiger partial charge in [0.05, 0.1) is 5.41 Å². The van der Waals surface area contributed by atoms with Crippen LogP contribution in [0.2, 0.25) is 0 Å². The first-order chi connectivity index (χ1) is 28.2. The van der Waals surface area contributed by atoms with Gasteiger partial charge in [-0.2, -0.15) is 0 Å². The van der Waals surface area contributed by atoms with Crippen LogP contribution in [0.1, 0.15) is 27.8 Å². The van der Waals surface area contributed by atoms with Crippen LogP contribution in [0.15, 0.2) is 231 Å². The fourth-order valence-corrected chi connectivity index (χ4v) is 9.11. The number of hydrogen-bond acceptors (Lipinski definition) is 1. The molecule has 0 aromatic heterocycles. The minimum Gasteiger partial charge on any atom is -0.310 e. The lowest BCUT2D eigenvalue weighted by molar-refractivity contribution is 0.768. The molecule has 0 unspecified atom stereocenters. The van der Waals surface area contributed by atoms with E-state index in [1.165, 1.54) is 72.3 Å². The Balaban J connectivity index is 1.24. The topological polar surface area (TPSA) is 3.24 Å². The Hall–Kier alpha value is -7.22. The summed E-state index contributed by atoms with van der Waals surface area (Å²) in [6.07, 6.45) is 0. The van der Waals surface area contributed by atoms with Crippen molar-refractivity contribution in [3.8, 4) is 44.5 Å². The number of hydrogen-bond donors (Lipinski definition) is 0. The first kappa shape index (κ1) is 34.3. The van der Waals surface area contributed by atoms with Gasteiger partial charge in [-0.1, -0.05) is 194 Å². The lowest BCUT2D eigenvalue weighted by Crippen LogP contribution is -2.28. The maximum absolute atomic E-state index is 2.47. The highest BCUT2D eigenvalue weighted by molar-refractivity contribution is 5.92. The number of nitrogens with zero attached hydrogens (tertiary/aromatic N) is 1. The van der Waals surface area contributed by atoms with Crippen molar-refractivity contribution in [2.45, 2.75) is 12.3 Å². The summed E-state index contributed by atoms with van der Waals surface area (Å²) in [7, 11) is 0.